The third-order valence-corrected chi connectivity index (χ3v) is 5.01. The fourth-order valence-electron chi connectivity index (χ4n) is 2.64. The van der Waals surface area contributed by atoms with E-state index in [1.165, 1.54) is 16.9 Å². The second kappa shape index (κ2) is 7.04. The number of rotatable bonds is 4. The molecule has 0 radical (unpaired) electrons. The Labute approximate surface area is 140 Å². The zero-order chi connectivity index (χ0) is 16.2. The van der Waals surface area contributed by atoms with E-state index in [-0.39, 0.29) is 11.8 Å². The predicted octanol–water partition coefficient (Wildman–Crippen LogP) is 4.62. The number of carbonyl (C=O) groups is 1. The summed E-state index contributed by atoms with van der Waals surface area (Å²) in [4.78, 5) is 12.2. The Hall–Kier alpha value is -2.01. The van der Waals surface area contributed by atoms with Crippen molar-refractivity contribution in [2.45, 2.75) is 39.0 Å². The molecule has 1 heterocycles. The summed E-state index contributed by atoms with van der Waals surface area (Å²) in [5.41, 5.74) is 2.34. The van der Waals surface area contributed by atoms with Crippen molar-refractivity contribution in [1.82, 2.24) is 10.2 Å². The number of nitrogens with one attached hydrogen (secondary N) is 1. The quantitative estimate of drug-likeness (QED) is 0.833. The minimum atomic E-state index is 0.0483. The van der Waals surface area contributed by atoms with E-state index in [2.05, 4.69) is 65.8 Å². The van der Waals surface area contributed by atoms with Gasteiger partial charge in [-0.15, -0.1) is 10.2 Å². The molecule has 1 unspecified atom stereocenters. The van der Waals surface area contributed by atoms with Crippen molar-refractivity contribution in [3.05, 3.63) is 42.0 Å². The monoisotopic (exact) mass is 327 g/mol. The summed E-state index contributed by atoms with van der Waals surface area (Å²) in [5, 5.41) is 12.6. The molecule has 23 heavy (non-hydrogen) atoms. The van der Waals surface area contributed by atoms with Crippen LogP contribution in [-0.2, 0) is 4.79 Å². The van der Waals surface area contributed by atoms with Gasteiger partial charge in [-0.3, -0.25) is 4.79 Å². The Morgan fingerprint density at radius 3 is 2.65 bits per heavy atom. The van der Waals surface area contributed by atoms with Crippen LogP contribution in [0.3, 0.4) is 0 Å². The van der Waals surface area contributed by atoms with Gasteiger partial charge >= 0.3 is 0 Å². The number of anilines is 1. The molecule has 1 aliphatic rings. The molecule has 0 saturated carbocycles. The minimum Gasteiger partial charge on any atom is -0.300 e. The van der Waals surface area contributed by atoms with Crippen LogP contribution in [0.25, 0.3) is 10.6 Å². The lowest BCUT2D eigenvalue weighted by Gasteiger charge is -2.15. The Kier molecular flexibility index (Phi) is 4.86. The van der Waals surface area contributed by atoms with Crippen LogP contribution in [-0.4, -0.2) is 16.1 Å². The molecule has 1 amide bonds. The molecule has 3 rings (SSSR count). The van der Waals surface area contributed by atoms with Gasteiger partial charge in [-0.1, -0.05) is 61.6 Å². The van der Waals surface area contributed by atoms with Crippen LogP contribution in [0.2, 0.25) is 0 Å². The third-order valence-electron chi connectivity index (χ3n) is 4.12. The molecule has 0 spiro atoms. The highest BCUT2D eigenvalue weighted by Crippen LogP contribution is 2.28. The summed E-state index contributed by atoms with van der Waals surface area (Å²) in [5.74, 6) is 0.614. The number of carbonyl (C=O) groups excluding carboxylic acids is 1. The lowest BCUT2D eigenvalue weighted by molar-refractivity contribution is -0.120. The second-order valence-electron chi connectivity index (χ2n) is 6.16. The van der Waals surface area contributed by atoms with E-state index in [9.17, 15) is 4.79 Å². The highest BCUT2D eigenvalue weighted by atomic mass is 32.1. The lowest BCUT2D eigenvalue weighted by Crippen LogP contribution is -2.23. The number of hydrogen-bond acceptors (Lipinski definition) is 4. The van der Waals surface area contributed by atoms with E-state index in [4.69, 9.17) is 0 Å². The Balaban J connectivity index is 1.67. The molecule has 1 N–H and O–H groups in total. The highest BCUT2D eigenvalue weighted by molar-refractivity contribution is 7.18. The molecule has 2 aromatic rings. The van der Waals surface area contributed by atoms with Crippen LogP contribution >= 0.6 is 11.3 Å². The molecule has 5 heteroatoms. The molecule has 1 aliphatic carbocycles. The van der Waals surface area contributed by atoms with Gasteiger partial charge in [0, 0.05) is 11.5 Å². The van der Waals surface area contributed by atoms with Crippen molar-refractivity contribution < 1.29 is 4.79 Å². The molecule has 0 saturated heterocycles. The smallest absolute Gasteiger partial charge is 0.229 e. The molecule has 1 aromatic carbocycles. The average Bonchev–Trinajstić information content (AvgIpc) is 3.04. The number of allylic oxidation sites excluding steroid dienone is 2. The maximum atomic E-state index is 12.2. The molecule has 1 atom stereocenters. The summed E-state index contributed by atoms with van der Waals surface area (Å²) in [6.45, 7) is 4.35. The summed E-state index contributed by atoms with van der Waals surface area (Å²) in [7, 11) is 0. The largest absolute Gasteiger partial charge is 0.300 e. The molecular weight excluding hydrogens is 306 g/mol. The SMILES string of the molecule is CC(C)c1ccc(-c2nnc(NC(=O)C3CC=CCC3)s2)cc1. The van der Waals surface area contributed by atoms with Gasteiger partial charge in [0.1, 0.15) is 5.01 Å². The van der Waals surface area contributed by atoms with Crippen LogP contribution in [0.4, 0.5) is 5.13 Å². The van der Waals surface area contributed by atoms with Gasteiger partial charge in [-0.25, -0.2) is 0 Å². The zero-order valence-corrected chi connectivity index (χ0v) is 14.3. The first kappa shape index (κ1) is 15.9. The van der Waals surface area contributed by atoms with Crippen molar-refractivity contribution in [3.63, 3.8) is 0 Å². The number of nitrogens with zero attached hydrogens (tertiary/aromatic N) is 2. The summed E-state index contributed by atoms with van der Waals surface area (Å²) < 4.78 is 0. The van der Waals surface area contributed by atoms with Crippen LogP contribution < -0.4 is 5.32 Å². The normalized spacial score (nSPS) is 17.4. The number of aromatic nitrogens is 2. The summed E-state index contributed by atoms with van der Waals surface area (Å²) >= 11 is 1.42. The molecular formula is C18H21N3OS. The Morgan fingerprint density at radius 1 is 1.22 bits per heavy atom. The van der Waals surface area contributed by atoms with Crippen molar-refractivity contribution in [1.29, 1.82) is 0 Å². The fraction of sp³-hybridized carbons (Fsp3) is 0.389. The topological polar surface area (TPSA) is 54.9 Å². The van der Waals surface area contributed by atoms with Crippen LogP contribution in [0, 0.1) is 5.92 Å². The van der Waals surface area contributed by atoms with Crippen LogP contribution in [0.5, 0.6) is 0 Å². The lowest BCUT2D eigenvalue weighted by atomic mass is 9.94. The Bertz CT molecular complexity index is 703. The highest BCUT2D eigenvalue weighted by Gasteiger charge is 2.20. The molecule has 0 bridgehead atoms. The Morgan fingerprint density at radius 2 is 2.00 bits per heavy atom. The van der Waals surface area contributed by atoms with Gasteiger partial charge in [0.2, 0.25) is 11.0 Å². The third kappa shape index (κ3) is 3.85. The van der Waals surface area contributed by atoms with E-state index in [0.717, 1.165) is 29.8 Å². The van der Waals surface area contributed by atoms with Crippen LogP contribution in [0.1, 0.15) is 44.6 Å². The average molecular weight is 327 g/mol. The summed E-state index contributed by atoms with van der Waals surface area (Å²) in [6, 6.07) is 8.36. The van der Waals surface area contributed by atoms with Crippen LogP contribution in [0.15, 0.2) is 36.4 Å². The number of amides is 1. The van der Waals surface area contributed by atoms with E-state index in [0.29, 0.717) is 11.0 Å². The number of hydrogen-bond donors (Lipinski definition) is 1. The van der Waals surface area contributed by atoms with Gasteiger partial charge in [-0.05, 0) is 30.7 Å². The molecule has 1 aromatic heterocycles. The van der Waals surface area contributed by atoms with E-state index in [1.807, 2.05) is 0 Å². The first-order chi connectivity index (χ1) is 11.1. The summed E-state index contributed by atoms with van der Waals surface area (Å²) in [6.07, 6.45) is 6.91. The maximum absolute atomic E-state index is 12.2. The minimum absolute atomic E-state index is 0.0483. The molecule has 4 nitrogen and oxygen atoms in total. The van der Waals surface area contributed by atoms with Crippen molar-refractivity contribution >= 4 is 22.4 Å². The van der Waals surface area contributed by atoms with Crippen molar-refractivity contribution in [3.8, 4) is 10.6 Å². The zero-order valence-electron chi connectivity index (χ0n) is 13.5. The predicted molar refractivity (Wildman–Crippen MR) is 94.5 cm³/mol. The van der Waals surface area contributed by atoms with E-state index >= 15 is 0 Å². The first-order valence-electron chi connectivity index (χ1n) is 8.03. The first-order valence-corrected chi connectivity index (χ1v) is 8.85. The van der Waals surface area contributed by atoms with Gasteiger partial charge in [0.25, 0.3) is 0 Å². The van der Waals surface area contributed by atoms with Crippen molar-refractivity contribution in [2.24, 2.45) is 5.92 Å². The standard InChI is InChI=1S/C18H21N3OS/c1-12(2)13-8-10-15(11-9-13)17-20-21-18(23-17)19-16(22)14-6-4-3-5-7-14/h3-4,8-12,14H,5-7H2,1-2H3,(H,19,21,22). The van der Waals surface area contributed by atoms with Gasteiger partial charge < -0.3 is 5.32 Å². The van der Waals surface area contributed by atoms with Gasteiger partial charge in [-0.2, -0.15) is 0 Å². The van der Waals surface area contributed by atoms with Crippen molar-refractivity contribution in [2.75, 3.05) is 5.32 Å². The van der Waals surface area contributed by atoms with E-state index in [1.54, 1.807) is 0 Å². The fourth-order valence-corrected chi connectivity index (χ4v) is 3.39. The molecule has 0 fully saturated rings. The molecule has 0 aliphatic heterocycles. The number of benzene rings is 1. The van der Waals surface area contributed by atoms with Gasteiger partial charge in [0.15, 0.2) is 0 Å². The van der Waals surface area contributed by atoms with E-state index < -0.39 is 0 Å². The maximum Gasteiger partial charge on any atom is 0.229 e. The van der Waals surface area contributed by atoms with Gasteiger partial charge in [0.05, 0.1) is 0 Å². The second-order valence-corrected chi connectivity index (χ2v) is 7.14. The molecule has 120 valence electrons.